The lowest BCUT2D eigenvalue weighted by atomic mass is 9.95. The van der Waals surface area contributed by atoms with Crippen LogP contribution >= 0.6 is 22.9 Å². The molecule has 1 amide bonds. The molecule has 5 aliphatic heterocycles. The number of alkyl halides is 1. The van der Waals surface area contributed by atoms with Gasteiger partial charge in [0.2, 0.25) is 5.91 Å². The standard InChI is InChI=1S/C36H34ClF3N8O3S/c1-46-20-12-47(34(49)29-27(43-29)15-3-4-15)13-21(20)51-30-24-28(44-35(45-33(24)46)50-14-36-7-2-8-48(36)11-16(38)9-36)26(40)23(25(30)37)17-5-6-19(39)31-22(17)18(10-41)32(42)52-31/h5-6,15-16,20-21,27,29,43H,2-4,7-9,11-14,42H2,1H3/t16-,20?,21?,27+,29?,36+/m1/s1. The van der Waals surface area contributed by atoms with Crippen molar-refractivity contribution >= 4 is 60.7 Å². The number of anilines is 2. The van der Waals surface area contributed by atoms with Gasteiger partial charge in [0.25, 0.3) is 0 Å². The van der Waals surface area contributed by atoms with Gasteiger partial charge in [0.15, 0.2) is 11.6 Å². The van der Waals surface area contributed by atoms with Crippen LogP contribution in [0.1, 0.15) is 37.7 Å². The number of likely N-dealkylation sites (N-methyl/N-ethyl adjacent to an activating group) is 1. The Bertz CT molecular complexity index is 2270. The van der Waals surface area contributed by atoms with E-state index in [9.17, 15) is 14.4 Å². The number of nitrogens with two attached hydrogens (primary N) is 1. The highest BCUT2D eigenvalue weighted by molar-refractivity contribution is 7.23. The maximum Gasteiger partial charge on any atom is 0.319 e. The minimum absolute atomic E-state index is 0.00952. The number of aromatic nitrogens is 2. The van der Waals surface area contributed by atoms with Crippen LogP contribution in [-0.2, 0) is 4.79 Å². The predicted molar refractivity (Wildman–Crippen MR) is 190 cm³/mol. The van der Waals surface area contributed by atoms with Gasteiger partial charge in [-0.1, -0.05) is 17.7 Å². The first-order valence-corrected chi connectivity index (χ1v) is 18.9. The quantitative estimate of drug-likeness (QED) is 0.258. The summed E-state index contributed by atoms with van der Waals surface area (Å²) < 4.78 is 60.1. The smallest absolute Gasteiger partial charge is 0.319 e. The van der Waals surface area contributed by atoms with Crippen molar-refractivity contribution in [3.8, 4) is 29.0 Å². The number of rotatable bonds is 6. The van der Waals surface area contributed by atoms with Gasteiger partial charge in [-0.15, -0.1) is 11.3 Å². The second-order valence-corrected chi connectivity index (χ2v) is 16.5. The van der Waals surface area contributed by atoms with Gasteiger partial charge in [0.05, 0.1) is 38.8 Å². The normalized spacial score (nSPS) is 29.3. The van der Waals surface area contributed by atoms with Crippen molar-refractivity contribution in [2.24, 2.45) is 5.92 Å². The lowest BCUT2D eigenvalue weighted by Gasteiger charge is -2.31. The fraction of sp³-hybridized carbons (Fsp3) is 0.500. The van der Waals surface area contributed by atoms with E-state index in [0.717, 1.165) is 43.6 Å². The number of thiophene rings is 1. The van der Waals surface area contributed by atoms with Crippen LogP contribution in [0.15, 0.2) is 12.1 Å². The van der Waals surface area contributed by atoms with Gasteiger partial charge in [-0.2, -0.15) is 15.2 Å². The van der Waals surface area contributed by atoms with E-state index in [2.05, 4.69) is 15.2 Å². The first kappa shape index (κ1) is 32.5. The number of carbonyl (C=O) groups excluding carboxylic acids is 1. The number of nitriles is 1. The maximum absolute atomic E-state index is 17.3. The molecule has 2 aromatic carbocycles. The Labute approximate surface area is 305 Å². The summed E-state index contributed by atoms with van der Waals surface area (Å²) in [5.41, 5.74) is 5.51. The largest absolute Gasteiger partial charge is 0.484 e. The highest BCUT2D eigenvalue weighted by Gasteiger charge is 2.54. The van der Waals surface area contributed by atoms with Gasteiger partial charge >= 0.3 is 6.01 Å². The molecule has 2 aromatic heterocycles. The van der Waals surface area contributed by atoms with Crippen molar-refractivity contribution in [2.45, 2.75) is 68.0 Å². The number of amides is 1. The number of nitrogens with zero attached hydrogens (tertiary/aromatic N) is 6. The number of fused-ring (bicyclic) bond motifs is 3. The monoisotopic (exact) mass is 750 g/mol. The second-order valence-electron chi connectivity index (χ2n) is 15.1. The Morgan fingerprint density at radius 3 is 2.87 bits per heavy atom. The van der Waals surface area contributed by atoms with Crippen LogP contribution in [0.5, 0.6) is 11.8 Å². The molecule has 4 aromatic rings. The molecule has 11 nitrogen and oxygen atoms in total. The van der Waals surface area contributed by atoms with Crippen molar-refractivity contribution < 1.29 is 27.4 Å². The first-order valence-electron chi connectivity index (χ1n) is 17.7. The summed E-state index contributed by atoms with van der Waals surface area (Å²) in [5, 5.41) is 13.7. The minimum atomic E-state index is -0.966. The van der Waals surface area contributed by atoms with Crippen LogP contribution in [0.2, 0.25) is 5.02 Å². The van der Waals surface area contributed by atoms with Crippen LogP contribution in [0.25, 0.3) is 32.1 Å². The maximum atomic E-state index is 17.3. The zero-order valence-electron chi connectivity index (χ0n) is 28.1. The van der Waals surface area contributed by atoms with Crippen molar-refractivity contribution in [1.29, 1.82) is 5.26 Å². The summed E-state index contributed by atoms with van der Waals surface area (Å²) >= 11 is 8.06. The molecule has 3 unspecified atom stereocenters. The zero-order valence-corrected chi connectivity index (χ0v) is 29.7. The molecule has 270 valence electrons. The van der Waals surface area contributed by atoms with E-state index in [0.29, 0.717) is 31.2 Å². The summed E-state index contributed by atoms with van der Waals surface area (Å²) in [5.74, 6) is -0.472. The van der Waals surface area contributed by atoms with E-state index >= 15 is 8.78 Å². The third-order valence-corrected chi connectivity index (χ3v) is 13.4. The average Bonchev–Trinajstić information content (AvgIpc) is 3.98. The summed E-state index contributed by atoms with van der Waals surface area (Å²) in [7, 11) is 1.82. The molecule has 0 spiro atoms. The Kier molecular flexibility index (Phi) is 7.17. The molecule has 4 saturated heterocycles. The SMILES string of the molecule is CN1c2nc(OC[C@@]34CCCN3C[C@H](F)C4)nc3c(F)c(-c4ccc(F)c5sc(N)c(C#N)c45)c(Cl)c(c23)OC2CN(C(=O)C3N[C@H]3C3CC3)CC21. The van der Waals surface area contributed by atoms with Crippen LogP contribution in [0.3, 0.4) is 0 Å². The predicted octanol–water partition coefficient (Wildman–Crippen LogP) is 5.01. The van der Waals surface area contributed by atoms with Crippen molar-refractivity contribution in [3.05, 3.63) is 34.4 Å². The number of halogens is 4. The van der Waals surface area contributed by atoms with Crippen molar-refractivity contribution in [1.82, 2.24) is 25.1 Å². The van der Waals surface area contributed by atoms with Crippen molar-refractivity contribution in [2.75, 3.05) is 50.5 Å². The van der Waals surface area contributed by atoms with E-state index in [-0.39, 0.29) is 96.6 Å². The van der Waals surface area contributed by atoms with E-state index < -0.39 is 29.4 Å². The van der Waals surface area contributed by atoms with Gasteiger partial charge in [-0.3, -0.25) is 15.0 Å². The number of nitrogens with one attached hydrogen (secondary N) is 1. The summed E-state index contributed by atoms with van der Waals surface area (Å²) in [6.07, 6.45) is 2.72. The van der Waals surface area contributed by atoms with E-state index in [1.807, 2.05) is 18.0 Å². The van der Waals surface area contributed by atoms with Crippen LogP contribution < -0.4 is 25.4 Å². The van der Waals surface area contributed by atoms with Gasteiger partial charge in [0.1, 0.15) is 53.1 Å². The number of nitrogen functional groups attached to an aromatic ring is 1. The molecule has 7 heterocycles. The van der Waals surface area contributed by atoms with Gasteiger partial charge in [-0.25, -0.2) is 13.2 Å². The Balaban J connectivity index is 1.12. The molecule has 1 saturated carbocycles. The molecular weight excluding hydrogens is 717 g/mol. The topological polar surface area (TPSA) is 143 Å². The number of ether oxygens (including phenoxy) is 2. The summed E-state index contributed by atoms with van der Waals surface area (Å²) in [6.45, 7) is 1.84. The molecule has 0 bridgehead atoms. The first-order chi connectivity index (χ1) is 25.1. The molecule has 3 N–H and O–H groups in total. The molecular formula is C36H34ClF3N8O3S. The van der Waals surface area contributed by atoms with E-state index in [1.165, 1.54) is 12.1 Å². The Morgan fingerprint density at radius 2 is 2.08 bits per heavy atom. The fourth-order valence-electron chi connectivity index (χ4n) is 9.23. The summed E-state index contributed by atoms with van der Waals surface area (Å²) in [6, 6.07) is 4.10. The van der Waals surface area contributed by atoms with Crippen molar-refractivity contribution in [3.63, 3.8) is 0 Å². The second kappa shape index (κ2) is 11.4. The van der Waals surface area contributed by atoms with Gasteiger partial charge in [-0.05, 0) is 49.8 Å². The Hall–Kier alpha value is -4.10. The number of hydrogen-bond acceptors (Lipinski definition) is 11. The van der Waals surface area contributed by atoms with Gasteiger partial charge < -0.3 is 25.0 Å². The van der Waals surface area contributed by atoms with Gasteiger partial charge in [0, 0.05) is 43.5 Å². The number of likely N-dealkylation sites (tertiary alicyclic amines) is 1. The zero-order chi connectivity index (χ0) is 35.8. The van der Waals surface area contributed by atoms with E-state index in [1.54, 1.807) is 4.90 Å². The molecule has 0 radical (unpaired) electrons. The third-order valence-electron chi connectivity index (χ3n) is 12.0. The third kappa shape index (κ3) is 4.73. The molecule has 16 heteroatoms. The number of benzene rings is 2. The Morgan fingerprint density at radius 1 is 1.25 bits per heavy atom. The summed E-state index contributed by atoms with van der Waals surface area (Å²) in [4.78, 5) is 28.8. The molecule has 6 aliphatic rings. The van der Waals surface area contributed by atoms with Crippen LogP contribution in [0.4, 0.5) is 24.0 Å². The van der Waals surface area contributed by atoms with E-state index in [4.69, 9.17) is 31.8 Å². The minimum Gasteiger partial charge on any atom is -0.484 e. The lowest BCUT2D eigenvalue weighted by Crippen LogP contribution is -2.44. The fourth-order valence-corrected chi connectivity index (χ4v) is 10.5. The van der Waals surface area contributed by atoms with Crippen LogP contribution in [0, 0.1) is 28.9 Å². The number of hydrogen-bond donors (Lipinski definition) is 2. The molecule has 6 atom stereocenters. The average molecular weight is 751 g/mol. The van der Waals surface area contributed by atoms with Crippen LogP contribution in [-0.4, -0.2) is 101 Å². The molecule has 52 heavy (non-hydrogen) atoms. The molecule has 10 rings (SSSR count). The molecule has 1 aliphatic carbocycles. The number of carbonyl (C=O) groups is 1. The highest BCUT2D eigenvalue weighted by atomic mass is 35.5. The molecule has 5 fully saturated rings. The highest BCUT2D eigenvalue weighted by Crippen LogP contribution is 2.52. The lowest BCUT2D eigenvalue weighted by molar-refractivity contribution is -0.130.